The molecule has 6 heteroatoms. The maximum absolute atomic E-state index is 11.2. The summed E-state index contributed by atoms with van der Waals surface area (Å²) in [5.41, 5.74) is 1.13. The Kier molecular flexibility index (Phi) is 3.54. The van der Waals surface area contributed by atoms with E-state index in [4.69, 9.17) is 0 Å². The van der Waals surface area contributed by atoms with Gasteiger partial charge in [0.1, 0.15) is 5.75 Å². The fourth-order valence-corrected chi connectivity index (χ4v) is 1.64. The Balaban J connectivity index is 3.04. The molecule has 5 nitrogen and oxygen atoms in total. The third-order valence-electron chi connectivity index (χ3n) is 1.98. The highest BCUT2D eigenvalue weighted by atomic mass is 32.2. The molecular weight excluding hydrogens is 216 g/mol. The number of aryl methyl sites for hydroxylation is 1. The standard InChI is InChI=1S/C9H14N2O3S/c1-3-7-4-5-9(12)8(6-7)11-15(13,14)10-2/h4-6,10-12H,3H2,1-2H3. The van der Waals surface area contributed by atoms with Gasteiger partial charge < -0.3 is 5.11 Å². The molecule has 0 bridgehead atoms. The fraction of sp³-hybridized carbons (Fsp3) is 0.333. The summed E-state index contributed by atoms with van der Waals surface area (Å²) >= 11 is 0. The van der Waals surface area contributed by atoms with Crippen LogP contribution in [0.2, 0.25) is 0 Å². The maximum Gasteiger partial charge on any atom is 0.298 e. The number of phenols is 1. The molecule has 3 N–H and O–H groups in total. The van der Waals surface area contributed by atoms with Crippen LogP contribution < -0.4 is 9.44 Å². The van der Waals surface area contributed by atoms with Gasteiger partial charge in [0.15, 0.2) is 0 Å². The molecule has 0 fully saturated rings. The molecule has 0 amide bonds. The van der Waals surface area contributed by atoms with Gasteiger partial charge in [-0.1, -0.05) is 13.0 Å². The lowest BCUT2D eigenvalue weighted by Crippen LogP contribution is -2.26. The smallest absolute Gasteiger partial charge is 0.298 e. The van der Waals surface area contributed by atoms with Crippen molar-refractivity contribution < 1.29 is 13.5 Å². The molecule has 0 heterocycles. The van der Waals surface area contributed by atoms with Crippen LogP contribution >= 0.6 is 0 Å². The van der Waals surface area contributed by atoms with Gasteiger partial charge in [0.2, 0.25) is 0 Å². The molecule has 1 aromatic carbocycles. The SMILES string of the molecule is CCc1ccc(O)c(NS(=O)(=O)NC)c1. The molecule has 0 aliphatic rings. The number of phenolic OH excluding ortho intramolecular Hbond substituents is 1. The molecule has 1 aromatic rings. The van der Waals surface area contributed by atoms with E-state index in [0.717, 1.165) is 12.0 Å². The summed E-state index contributed by atoms with van der Waals surface area (Å²) in [5, 5.41) is 9.43. The Morgan fingerprint density at radius 1 is 1.40 bits per heavy atom. The molecule has 0 saturated carbocycles. The molecule has 0 aliphatic heterocycles. The van der Waals surface area contributed by atoms with E-state index in [0.29, 0.717) is 0 Å². The summed E-state index contributed by atoms with van der Waals surface area (Å²) < 4.78 is 26.7. The number of rotatable bonds is 4. The second kappa shape index (κ2) is 4.50. The maximum atomic E-state index is 11.2. The Labute approximate surface area is 89.3 Å². The highest BCUT2D eigenvalue weighted by molar-refractivity contribution is 7.90. The minimum Gasteiger partial charge on any atom is -0.506 e. The molecule has 0 atom stereocenters. The monoisotopic (exact) mass is 230 g/mol. The summed E-state index contributed by atoms with van der Waals surface area (Å²) in [6, 6.07) is 4.81. The molecule has 0 unspecified atom stereocenters. The van der Waals surface area contributed by atoms with Crippen LogP contribution in [0.4, 0.5) is 5.69 Å². The van der Waals surface area contributed by atoms with Crippen molar-refractivity contribution in [2.24, 2.45) is 0 Å². The van der Waals surface area contributed by atoms with Gasteiger partial charge in [-0.2, -0.15) is 8.42 Å². The third kappa shape index (κ3) is 3.10. The normalized spacial score (nSPS) is 11.3. The van der Waals surface area contributed by atoms with Crippen molar-refractivity contribution >= 4 is 15.9 Å². The van der Waals surface area contributed by atoms with Gasteiger partial charge in [-0.05, 0) is 24.1 Å². The molecule has 0 radical (unpaired) electrons. The van der Waals surface area contributed by atoms with Gasteiger partial charge in [-0.25, -0.2) is 4.72 Å². The summed E-state index contributed by atoms with van der Waals surface area (Å²) in [7, 11) is -2.29. The highest BCUT2D eigenvalue weighted by Gasteiger charge is 2.09. The van der Waals surface area contributed by atoms with E-state index in [2.05, 4.69) is 9.44 Å². The summed E-state index contributed by atoms with van der Waals surface area (Å²) in [6.45, 7) is 1.95. The lowest BCUT2D eigenvalue weighted by molar-refractivity contribution is 0.477. The van der Waals surface area contributed by atoms with E-state index in [1.807, 2.05) is 6.92 Å². The summed E-state index contributed by atoms with van der Waals surface area (Å²) in [4.78, 5) is 0. The average molecular weight is 230 g/mol. The Bertz CT molecular complexity index is 443. The number of anilines is 1. The minimum atomic E-state index is -3.58. The fourth-order valence-electron chi connectivity index (χ4n) is 1.08. The Morgan fingerprint density at radius 2 is 2.07 bits per heavy atom. The number of benzene rings is 1. The van der Waals surface area contributed by atoms with Crippen molar-refractivity contribution in [1.29, 1.82) is 0 Å². The largest absolute Gasteiger partial charge is 0.506 e. The van der Waals surface area contributed by atoms with Crippen LogP contribution in [0.1, 0.15) is 12.5 Å². The first-order valence-corrected chi connectivity index (χ1v) is 6.00. The van der Waals surface area contributed by atoms with Gasteiger partial charge in [0.25, 0.3) is 10.2 Å². The van der Waals surface area contributed by atoms with Crippen molar-refractivity contribution in [2.45, 2.75) is 13.3 Å². The van der Waals surface area contributed by atoms with Crippen LogP contribution in [0.3, 0.4) is 0 Å². The first-order valence-electron chi connectivity index (χ1n) is 4.51. The van der Waals surface area contributed by atoms with E-state index in [1.165, 1.54) is 13.1 Å². The highest BCUT2D eigenvalue weighted by Crippen LogP contribution is 2.24. The number of hydrogen-bond acceptors (Lipinski definition) is 3. The van der Waals surface area contributed by atoms with Gasteiger partial charge in [-0.3, -0.25) is 4.72 Å². The molecule has 0 spiro atoms. The number of hydrogen-bond donors (Lipinski definition) is 3. The lowest BCUT2D eigenvalue weighted by Gasteiger charge is -2.09. The lowest BCUT2D eigenvalue weighted by atomic mass is 10.1. The van der Waals surface area contributed by atoms with E-state index in [-0.39, 0.29) is 11.4 Å². The van der Waals surface area contributed by atoms with E-state index < -0.39 is 10.2 Å². The van der Waals surface area contributed by atoms with Crippen LogP contribution in [-0.2, 0) is 16.6 Å². The van der Waals surface area contributed by atoms with Crippen LogP contribution in [0, 0.1) is 0 Å². The van der Waals surface area contributed by atoms with Gasteiger partial charge in [-0.15, -0.1) is 0 Å². The first kappa shape index (κ1) is 11.8. The van der Waals surface area contributed by atoms with Gasteiger partial charge >= 0.3 is 0 Å². The number of aromatic hydroxyl groups is 1. The summed E-state index contributed by atoms with van der Waals surface area (Å²) in [6.07, 6.45) is 0.772. The van der Waals surface area contributed by atoms with Crippen molar-refractivity contribution in [1.82, 2.24) is 4.72 Å². The van der Waals surface area contributed by atoms with Crippen LogP contribution in [-0.4, -0.2) is 20.6 Å². The second-order valence-electron chi connectivity index (χ2n) is 3.01. The molecule has 15 heavy (non-hydrogen) atoms. The molecule has 1 rings (SSSR count). The zero-order valence-electron chi connectivity index (χ0n) is 8.61. The molecule has 0 aliphatic carbocycles. The quantitative estimate of drug-likeness (QED) is 0.670. The van der Waals surface area contributed by atoms with Gasteiger partial charge in [0.05, 0.1) is 5.69 Å². The van der Waals surface area contributed by atoms with Crippen LogP contribution in [0.25, 0.3) is 0 Å². The topological polar surface area (TPSA) is 78.4 Å². The summed E-state index contributed by atoms with van der Waals surface area (Å²) in [5.74, 6) is -0.0916. The van der Waals surface area contributed by atoms with Crippen molar-refractivity contribution in [3.8, 4) is 5.75 Å². The molecule has 0 saturated heterocycles. The van der Waals surface area contributed by atoms with Crippen molar-refractivity contribution in [3.05, 3.63) is 23.8 Å². The predicted octanol–water partition coefficient (Wildman–Crippen LogP) is 0.831. The van der Waals surface area contributed by atoms with Crippen molar-refractivity contribution in [3.63, 3.8) is 0 Å². The molecule has 84 valence electrons. The molecule has 0 aromatic heterocycles. The zero-order chi connectivity index (χ0) is 11.5. The average Bonchev–Trinajstić information content (AvgIpc) is 2.21. The minimum absolute atomic E-state index is 0.0916. The number of nitrogens with one attached hydrogen (secondary N) is 2. The van der Waals surface area contributed by atoms with E-state index in [1.54, 1.807) is 12.1 Å². The van der Waals surface area contributed by atoms with E-state index in [9.17, 15) is 13.5 Å². The van der Waals surface area contributed by atoms with Crippen LogP contribution in [0.15, 0.2) is 18.2 Å². The Morgan fingerprint density at radius 3 is 2.60 bits per heavy atom. The van der Waals surface area contributed by atoms with E-state index >= 15 is 0 Å². The van der Waals surface area contributed by atoms with Crippen molar-refractivity contribution in [2.75, 3.05) is 11.8 Å². The first-order chi connectivity index (χ1) is 6.98. The molecular formula is C9H14N2O3S. The Hall–Kier alpha value is -1.27. The van der Waals surface area contributed by atoms with Crippen LogP contribution in [0.5, 0.6) is 5.75 Å². The third-order valence-corrected chi connectivity index (χ3v) is 3.01. The predicted molar refractivity (Wildman–Crippen MR) is 59.1 cm³/mol. The van der Waals surface area contributed by atoms with Gasteiger partial charge in [0, 0.05) is 7.05 Å². The zero-order valence-corrected chi connectivity index (χ0v) is 9.43. The second-order valence-corrected chi connectivity index (χ2v) is 4.63.